The molecule has 1 unspecified atom stereocenters. The van der Waals surface area contributed by atoms with Gasteiger partial charge in [0.1, 0.15) is 0 Å². The third-order valence-electron chi connectivity index (χ3n) is 3.96. The van der Waals surface area contributed by atoms with Crippen molar-refractivity contribution >= 4 is 27.1 Å². The molecule has 1 aromatic carbocycles. The summed E-state index contributed by atoms with van der Waals surface area (Å²) < 4.78 is 24.4. The quantitative estimate of drug-likeness (QED) is 0.782. The summed E-state index contributed by atoms with van der Waals surface area (Å²) in [7, 11) is -3.18. The van der Waals surface area contributed by atoms with Gasteiger partial charge in [-0.1, -0.05) is 19.1 Å². The number of benzene rings is 1. The van der Waals surface area contributed by atoms with E-state index in [9.17, 15) is 8.42 Å². The van der Waals surface area contributed by atoms with Crippen LogP contribution in [0.15, 0.2) is 29.2 Å². The molecule has 0 saturated carbocycles. The Morgan fingerprint density at radius 3 is 2.80 bits per heavy atom. The number of alkyl halides is 1. The van der Waals surface area contributed by atoms with Crippen LogP contribution in [0, 0.1) is 5.92 Å². The molecule has 0 radical (unpaired) electrons. The van der Waals surface area contributed by atoms with Crippen molar-refractivity contribution in [3.63, 3.8) is 0 Å². The molecule has 1 fully saturated rings. The van der Waals surface area contributed by atoms with Crippen LogP contribution in [0.3, 0.4) is 0 Å². The number of halogens is 1. The lowest BCUT2D eigenvalue weighted by Gasteiger charge is -2.35. The van der Waals surface area contributed by atoms with E-state index in [4.69, 9.17) is 11.6 Å². The zero-order chi connectivity index (χ0) is 14.6. The third-order valence-corrected chi connectivity index (χ3v) is 5.95. The molecular weight excluding hydrogens is 294 g/mol. The van der Waals surface area contributed by atoms with E-state index in [0.29, 0.717) is 16.7 Å². The number of nitrogens with zero attached hydrogens (tertiary/aromatic N) is 1. The summed E-state index contributed by atoms with van der Waals surface area (Å²) in [5, 5.41) is 0. The average molecular weight is 316 g/mol. The van der Waals surface area contributed by atoms with Crippen LogP contribution in [-0.2, 0) is 9.84 Å². The SMILES string of the molecule is CCS(=O)(=O)c1ccccc1N1CCCC(CCCl)C1. The molecule has 2 rings (SSSR count). The lowest BCUT2D eigenvalue weighted by atomic mass is 9.95. The molecule has 0 amide bonds. The predicted molar refractivity (Wildman–Crippen MR) is 84.4 cm³/mol. The van der Waals surface area contributed by atoms with Crippen LogP contribution in [0.1, 0.15) is 26.2 Å². The standard InChI is InChI=1S/C15H22ClNO2S/c1-2-20(18,19)15-8-4-3-7-14(15)17-11-5-6-13(12-17)9-10-16/h3-4,7-8,13H,2,5-6,9-12H2,1H3. The van der Waals surface area contributed by atoms with Gasteiger partial charge in [0, 0.05) is 19.0 Å². The zero-order valence-corrected chi connectivity index (χ0v) is 13.5. The monoisotopic (exact) mass is 315 g/mol. The topological polar surface area (TPSA) is 37.4 Å². The van der Waals surface area contributed by atoms with Gasteiger partial charge in [-0.25, -0.2) is 8.42 Å². The van der Waals surface area contributed by atoms with Gasteiger partial charge in [-0.05, 0) is 37.3 Å². The lowest BCUT2D eigenvalue weighted by molar-refractivity contribution is 0.405. The molecule has 1 atom stereocenters. The Bertz CT molecular complexity index is 543. The van der Waals surface area contributed by atoms with Gasteiger partial charge in [0.05, 0.1) is 16.3 Å². The van der Waals surface area contributed by atoms with E-state index in [1.165, 1.54) is 6.42 Å². The minimum absolute atomic E-state index is 0.142. The van der Waals surface area contributed by atoms with Crippen LogP contribution < -0.4 is 4.90 Å². The fourth-order valence-electron chi connectivity index (χ4n) is 2.81. The molecule has 5 heteroatoms. The Hall–Kier alpha value is -0.740. The van der Waals surface area contributed by atoms with Crippen LogP contribution in [0.25, 0.3) is 0 Å². The van der Waals surface area contributed by atoms with E-state index in [2.05, 4.69) is 4.90 Å². The number of piperidine rings is 1. The first-order valence-corrected chi connectivity index (χ1v) is 9.40. The second-order valence-corrected chi connectivity index (χ2v) is 7.93. The van der Waals surface area contributed by atoms with Crippen molar-refractivity contribution in [3.05, 3.63) is 24.3 Å². The smallest absolute Gasteiger partial charge is 0.180 e. The van der Waals surface area contributed by atoms with Crippen LogP contribution in [0.5, 0.6) is 0 Å². The van der Waals surface area contributed by atoms with Crippen molar-refractivity contribution in [3.8, 4) is 0 Å². The van der Waals surface area contributed by atoms with E-state index in [0.717, 1.165) is 31.6 Å². The predicted octanol–water partition coefficient (Wildman–Crippen LogP) is 3.33. The Morgan fingerprint density at radius 2 is 2.10 bits per heavy atom. The second-order valence-electron chi connectivity index (χ2n) is 5.30. The fraction of sp³-hybridized carbons (Fsp3) is 0.600. The summed E-state index contributed by atoms with van der Waals surface area (Å²) in [5.41, 5.74) is 0.855. The van der Waals surface area contributed by atoms with Gasteiger partial charge in [-0.3, -0.25) is 0 Å². The number of para-hydroxylation sites is 1. The highest BCUT2D eigenvalue weighted by molar-refractivity contribution is 7.91. The molecule has 0 bridgehead atoms. The maximum Gasteiger partial charge on any atom is 0.180 e. The number of hydrogen-bond donors (Lipinski definition) is 0. The van der Waals surface area contributed by atoms with Gasteiger partial charge >= 0.3 is 0 Å². The van der Waals surface area contributed by atoms with E-state index in [-0.39, 0.29) is 5.75 Å². The summed E-state index contributed by atoms with van der Waals surface area (Å²) in [5.74, 6) is 1.38. The average Bonchev–Trinajstić information content (AvgIpc) is 2.48. The van der Waals surface area contributed by atoms with E-state index < -0.39 is 9.84 Å². The van der Waals surface area contributed by atoms with E-state index in [1.54, 1.807) is 19.1 Å². The summed E-state index contributed by atoms with van der Waals surface area (Å²) in [4.78, 5) is 2.68. The Labute approximate surface area is 126 Å². The van der Waals surface area contributed by atoms with Gasteiger partial charge in [0.25, 0.3) is 0 Å². The van der Waals surface area contributed by atoms with Crippen LogP contribution in [0.4, 0.5) is 5.69 Å². The molecule has 20 heavy (non-hydrogen) atoms. The number of sulfone groups is 1. The molecule has 1 heterocycles. The molecule has 1 saturated heterocycles. The first kappa shape index (κ1) is 15.6. The summed E-state index contributed by atoms with van der Waals surface area (Å²) in [6.45, 7) is 3.52. The second kappa shape index (κ2) is 6.81. The van der Waals surface area contributed by atoms with Crippen LogP contribution >= 0.6 is 11.6 Å². The molecule has 112 valence electrons. The molecular formula is C15H22ClNO2S. The van der Waals surface area contributed by atoms with Gasteiger partial charge in [-0.2, -0.15) is 0 Å². The highest BCUT2D eigenvalue weighted by Crippen LogP contribution is 2.30. The van der Waals surface area contributed by atoms with Gasteiger partial charge in [0.2, 0.25) is 0 Å². The number of hydrogen-bond acceptors (Lipinski definition) is 3. The minimum Gasteiger partial charge on any atom is -0.370 e. The van der Waals surface area contributed by atoms with Crippen molar-refractivity contribution in [1.29, 1.82) is 0 Å². The molecule has 0 N–H and O–H groups in total. The van der Waals surface area contributed by atoms with E-state index >= 15 is 0 Å². The van der Waals surface area contributed by atoms with Gasteiger partial charge < -0.3 is 4.90 Å². The number of anilines is 1. The third kappa shape index (κ3) is 3.47. The molecule has 1 aromatic rings. The van der Waals surface area contributed by atoms with Gasteiger partial charge in [-0.15, -0.1) is 11.6 Å². The first-order valence-electron chi connectivity index (χ1n) is 7.21. The lowest BCUT2D eigenvalue weighted by Crippen LogP contribution is -2.36. The molecule has 1 aliphatic heterocycles. The minimum atomic E-state index is -3.18. The molecule has 0 aliphatic carbocycles. The fourth-order valence-corrected chi connectivity index (χ4v) is 4.23. The maximum atomic E-state index is 12.2. The molecule has 3 nitrogen and oxygen atoms in total. The van der Waals surface area contributed by atoms with Crippen molar-refractivity contribution in [2.75, 3.05) is 29.6 Å². The number of rotatable bonds is 5. The van der Waals surface area contributed by atoms with Crippen LogP contribution in [-0.4, -0.2) is 33.1 Å². The normalized spacial score (nSPS) is 20.1. The van der Waals surface area contributed by atoms with Crippen molar-refractivity contribution < 1.29 is 8.42 Å². The highest BCUT2D eigenvalue weighted by Gasteiger charge is 2.24. The maximum absolute atomic E-state index is 12.2. The largest absolute Gasteiger partial charge is 0.370 e. The van der Waals surface area contributed by atoms with Gasteiger partial charge in [0.15, 0.2) is 9.84 Å². The highest BCUT2D eigenvalue weighted by atomic mass is 35.5. The van der Waals surface area contributed by atoms with Crippen molar-refractivity contribution in [2.24, 2.45) is 5.92 Å². The Kier molecular flexibility index (Phi) is 5.33. The zero-order valence-electron chi connectivity index (χ0n) is 11.9. The molecule has 1 aliphatic rings. The molecule has 0 aromatic heterocycles. The summed E-state index contributed by atoms with van der Waals surface area (Å²) in [6, 6.07) is 7.35. The van der Waals surface area contributed by atoms with Crippen LogP contribution in [0.2, 0.25) is 0 Å². The molecule has 0 spiro atoms. The van der Waals surface area contributed by atoms with E-state index in [1.807, 2.05) is 12.1 Å². The first-order chi connectivity index (χ1) is 9.58. The summed E-state index contributed by atoms with van der Waals surface area (Å²) in [6.07, 6.45) is 3.29. The Morgan fingerprint density at radius 1 is 1.35 bits per heavy atom. The summed E-state index contributed by atoms with van der Waals surface area (Å²) >= 11 is 5.84. The Balaban J connectivity index is 2.29. The van der Waals surface area contributed by atoms with Crippen molar-refractivity contribution in [2.45, 2.75) is 31.1 Å². The van der Waals surface area contributed by atoms with Crippen molar-refractivity contribution in [1.82, 2.24) is 0 Å².